The molecule has 1 amide bonds. The van der Waals surface area contributed by atoms with E-state index in [2.05, 4.69) is 31.3 Å². The summed E-state index contributed by atoms with van der Waals surface area (Å²) >= 11 is 1.68. The van der Waals surface area contributed by atoms with Crippen LogP contribution >= 0.6 is 11.3 Å². The van der Waals surface area contributed by atoms with Crippen molar-refractivity contribution in [3.63, 3.8) is 0 Å². The summed E-state index contributed by atoms with van der Waals surface area (Å²) in [6, 6.07) is 6.18. The zero-order chi connectivity index (χ0) is 18.1. The molecule has 0 spiro atoms. The summed E-state index contributed by atoms with van der Waals surface area (Å²) < 4.78 is 1.77. The number of carbonyl (C=O) groups excluding carboxylic acids is 1. The van der Waals surface area contributed by atoms with Gasteiger partial charge in [0.2, 0.25) is 5.91 Å². The van der Waals surface area contributed by atoms with Gasteiger partial charge in [-0.05, 0) is 38.1 Å². The molecule has 0 bridgehead atoms. The van der Waals surface area contributed by atoms with E-state index in [1.54, 1.807) is 15.9 Å². The van der Waals surface area contributed by atoms with Crippen LogP contribution in [-0.2, 0) is 4.79 Å². The third kappa shape index (κ3) is 3.29. The monoisotopic (exact) mass is 370 g/mol. The summed E-state index contributed by atoms with van der Waals surface area (Å²) in [6.45, 7) is 5.65. The molecule has 1 atom stereocenters. The first-order chi connectivity index (χ1) is 12.6. The van der Waals surface area contributed by atoms with Crippen molar-refractivity contribution >= 4 is 28.8 Å². The van der Waals surface area contributed by atoms with Gasteiger partial charge in [0.1, 0.15) is 12.1 Å². The predicted octanol–water partition coefficient (Wildman–Crippen LogP) is 2.59. The van der Waals surface area contributed by atoms with Crippen molar-refractivity contribution in [3.8, 4) is 0 Å². The highest BCUT2D eigenvalue weighted by atomic mass is 32.1. The van der Waals surface area contributed by atoms with Gasteiger partial charge in [0.15, 0.2) is 0 Å². The number of fused-ring (bicyclic) bond motifs is 1. The lowest BCUT2D eigenvalue weighted by atomic mass is 9.95. The first-order valence-electron chi connectivity index (χ1n) is 8.88. The zero-order valence-corrected chi connectivity index (χ0v) is 15.7. The van der Waals surface area contributed by atoms with Gasteiger partial charge in [0, 0.05) is 35.6 Å². The number of amides is 1. The number of aryl methyl sites for hydroxylation is 1. The highest BCUT2D eigenvalue weighted by Gasteiger charge is 2.27. The van der Waals surface area contributed by atoms with Crippen LogP contribution < -0.4 is 10.2 Å². The van der Waals surface area contributed by atoms with Crippen LogP contribution in [0.3, 0.4) is 0 Å². The molecule has 4 rings (SSSR count). The minimum absolute atomic E-state index is 0.0582. The van der Waals surface area contributed by atoms with E-state index >= 15 is 0 Å². The van der Waals surface area contributed by atoms with Gasteiger partial charge >= 0.3 is 0 Å². The summed E-state index contributed by atoms with van der Waals surface area (Å²) in [4.78, 5) is 24.6. The Bertz CT molecular complexity index is 898. The van der Waals surface area contributed by atoms with Crippen molar-refractivity contribution in [1.29, 1.82) is 0 Å². The summed E-state index contributed by atoms with van der Waals surface area (Å²) in [5.41, 5.74) is 0.921. The molecule has 136 valence electrons. The maximum Gasteiger partial charge on any atom is 0.254 e. The fourth-order valence-electron chi connectivity index (χ4n) is 3.45. The molecule has 1 aliphatic heterocycles. The van der Waals surface area contributed by atoms with Gasteiger partial charge in [-0.15, -0.1) is 11.3 Å². The van der Waals surface area contributed by atoms with Gasteiger partial charge in [-0.3, -0.25) is 4.79 Å². The van der Waals surface area contributed by atoms with Crippen LogP contribution in [0.25, 0.3) is 5.78 Å². The van der Waals surface area contributed by atoms with E-state index in [0.717, 1.165) is 37.4 Å². The number of nitrogens with zero attached hydrogens (tertiary/aromatic N) is 5. The number of hydrogen-bond acceptors (Lipinski definition) is 6. The second kappa shape index (κ2) is 7.03. The van der Waals surface area contributed by atoms with Gasteiger partial charge in [0.25, 0.3) is 5.78 Å². The Balaban J connectivity index is 1.40. The van der Waals surface area contributed by atoms with E-state index in [0.29, 0.717) is 5.78 Å². The first kappa shape index (κ1) is 17.0. The smallest absolute Gasteiger partial charge is 0.254 e. The molecular weight excluding hydrogens is 348 g/mol. The molecule has 3 aromatic rings. The Morgan fingerprint density at radius 1 is 1.38 bits per heavy atom. The molecule has 26 heavy (non-hydrogen) atoms. The number of rotatable bonds is 4. The average Bonchev–Trinajstić information content (AvgIpc) is 3.32. The predicted molar refractivity (Wildman–Crippen MR) is 101 cm³/mol. The van der Waals surface area contributed by atoms with Gasteiger partial charge < -0.3 is 10.2 Å². The number of aromatic nitrogens is 4. The highest BCUT2D eigenvalue weighted by molar-refractivity contribution is 7.10. The lowest BCUT2D eigenvalue weighted by molar-refractivity contribution is -0.126. The van der Waals surface area contributed by atoms with Gasteiger partial charge in [-0.2, -0.15) is 14.6 Å². The number of piperidine rings is 1. The number of nitrogens with one attached hydrogen (secondary N) is 1. The Morgan fingerprint density at radius 3 is 2.92 bits per heavy atom. The lowest BCUT2D eigenvalue weighted by Crippen LogP contribution is -2.41. The number of anilines is 1. The summed E-state index contributed by atoms with van der Waals surface area (Å²) in [5, 5.41) is 9.48. The SMILES string of the molecule is Cc1cc(N2CCC(C(=O)NC(C)c3cccs3)CC2)n2ncnc2n1. The van der Waals surface area contributed by atoms with Crippen LogP contribution in [0.15, 0.2) is 29.9 Å². The number of thiophene rings is 1. The molecule has 1 N–H and O–H groups in total. The molecule has 7 nitrogen and oxygen atoms in total. The van der Waals surface area contributed by atoms with Gasteiger partial charge in [-0.1, -0.05) is 6.07 Å². The zero-order valence-electron chi connectivity index (χ0n) is 14.9. The van der Waals surface area contributed by atoms with Crippen LogP contribution in [0, 0.1) is 12.8 Å². The van der Waals surface area contributed by atoms with Gasteiger partial charge in [0.05, 0.1) is 6.04 Å². The molecule has 3 aromatic heterocycles. The van der Waals surface area contributed by atoms with Crippen LogP contribution in [0.4, 0.5) is 5.82 Å². The van der Waals surface area contributed by atoms with E-state index in [9.17, 15) is 4.79 Å². The van der Waals surface area contributed by atoms with Crippen molar-refractivity contribution in [2.45, 2.75) is 32.7 Å². The van der Waals surface area contributed by atoms with E-state index < -0.39 is 0 Å². The minimum Gasteiger partial charge on any atom is -0.356 e. The van der Waals surface area contributed by atoms with Crippen molar-refractivity contribution in [1.82, 2.24) is 24.9 Å². The summed E-state index contributed by atoms with van der Waals surface area (Å²) in [5.74, 6) is 1.82. The first-order valence-corrected chi connectivity index (χ1v) is 9.76. The van der Waals surface area contributed by atoms with E-state index in [-0.39, 0.29) is 17.9 Å². The molecule has 0 radical (unpaired) electrons. The third-order valence-corrected chi connectivity index (χ3v) is 5.93. The average molecular weight is 370 g/mol. The van der Waals surface area contributed by atoms with E-state index in [1.165, 1.54) is 11.2 Å². The standard InChI is InChI=1S/C18H22N6OS/c1-12-10-16(24-18(21-12)19-11-20-24)23-7-5-14(6-8-23)17(25)22-13(2)15-4-3-9-26-15/h3-4,9-11,13-14H,5-8H2,1-2H3,(H,22,25). The Morgan fingerprint density at radius 2 is 2.19 bits per heavy atom. The molecule has 1 fully saturated rings. The largest absolute Gasteiger partial charge is 0.356 e. The number of hydrogen-bond donors (Lipinski definition) is 1. The Hall–Kier alpha value is -2.48. The van der Waals surface area contributed by atoms with Crippen LogP contribution in [0.1, 0.15) is 36.4 Å². The van der Waals surface area contributed by atoms with Crippen LogP contribution in [0.5, 0.6) is 0 Å². The quantitative estimate of drug-likeness (QED) is 0.764. The normalized spacial score (nSPS) is 16.8. The molecule has 0 saturated carbocycles. The second-order valence-electron chi connectivity index (χ2n) is 6.73. The topological polar surface area (TPSA) is 75.4 Å². The van der Waals surface area contributed by atoms with Crippen molar-refractivity contribution in [2.24, 2.45) is 5.92 Å². The molecule has 1 aliphatic rings. The van der Waals surface area contributed by atoms with E-state index in [1.807, 2.05) is 31.4 Å². The molecule has 4 heterocycles. The Labute approximate surface area is 156 Å². The highest BCUT2D eigenvalue weighted by Crippen LogP contribution is 2.25. The Kier molecular flexibility index (Phi) is 4.58. The summed E-state index contributed by atoms with van der Waals surface area (Å²) in [6.07, 6.45) is 3.19. The fourth-order valence-corrected chi connectivity index (χ4v) is 4.18. The maximum atomic E-state index is 12.6. The molecule has 8 heteroatoms. The van der Waals surface area contributed by atoms with Gasteiger partial charge in [-0.25, -0.2) is 4.98 Å². The lowest BCUT2D eigenvalue weighted by Gasteiger charge is -2.33. The van der Waals surface area contributed by atoms with Crippen molar-refractivity contribution in [2.75, 3.05) is 18.0 Å². The van der Waals surface area contributed by atoms with E-state index in [4.69, 9.17) is 0 Å². The third-order valence-electron chi connectivity index (χ3n) is 4.88. The van der Waals surface area contributed by atoms with Crippen LogP contribution in [0.2, 0.25) is 0 Å². The van der Waals surface area contributed by atoms with Crippen LogP contribution in [-0.4, -0.2) is 38.6 Å². The second-order valence-corrected chi connectivity index (χ2v) is 7.71. The summed E-state index contributed by atoms with van der Waals surface area (Å²) in [7, 11) is 0. The molecule has 1 saturated heterocycles. The molecule has 1 unspecified atom stereocenters. The number of carbonyl (C=O) groups is 1. The molecular formula is C18H22N6OS. The maximum absolute atomic E-state index is 12.6. The minimum atomic E-state index is 0.0582. The molecule has 0 aromatic carbocycles. The van der Waals surface area contributed by atoms with Crippen molar-refractivity contribution < 1.29 is 4.79 Å². The molecule has 0 aliphatic carbocycles. The fraction of sp³-hybridized carbons (Fsp3) is 0.444. The van der Waals surface area contributed by atoms with Crippen molar-refractivity contribution in [3.05, 3.63) is 40.5 Å².